The maximum absolute atomic E-state index is 13.6. The highest BCUT2D eigenvalue weighted by molar-refractivity contribution is 5.38. The number of methoxy groups -OCH3 is 1. The second-order valence-corrected chi connectivity index (χ2v) is 5.31. The molecule has 1 unspecified atom stereocenters. The van der Waals surface area contributed by atoms with Gasteiger partial charge < -0.3 is 14.8 Å². The Morgan fingerprint density at radius 1 is 1.30 bits per heavy atom. The van der Waals surface area contributed by atoms with Gasteiger partial charge in [0.2, 0.25) is 0 Å². The first-order valence-electron chi connectivity index (χ1n) is 7.17. The molecule has 0 saturated carbocycles. The molecule has 0 aliphatic carbocycles. The van der Waals surface area contributed by atoms with E-state index in [2.05, 4.69) is 12.2 Å². The highest BCUT2D eigenvalue weighted by Crippen LogP contribution is 2.35. The highest BCUT2D eigenvalue weighted by atomic mass is 19.1. The summed E-state index contributed by atoms with van der Waals surface area (Å²) in [6.45, 7) is 9.51. The summed E-state index contributed by atoms with van der Waals surface area (Å²) in [6, 6.07) is 4.46. The van der Waals surface area contributed by atoms with Crippen LogP contribution in [-0.2, 0) is 4.74 Å². The van der Waals surface area contributed by atoms with Crippen molar-refractivity contribution in [1.82, 2.24) is 5.32 Å². The Balaban J connectivity index is 3.18. The zero-order valence-corrected chi connectivity index (χ0v) is 13.1. The van der Waals surface area contributed by atoms with Gasteiger partial charge in [-0.05, 0) is 51.9 Å². The van der Waals surface area contributed by atoms with Gasteiger partial charge in [0, 0.05) is 12.2 Å². The fraction of sp³-hybridized carbons (Fsp3) is 0.625. The van der Waals surface area contributed by atoms with Crippen molar-refractivity contribution in [2.75, 3.05) is 20.3 Å². The van der Waals surface area contributed by atoms with E-state index in [0.717, 1.165) is 18.5 Å². The summed E-state index contributed by atoms with van der Waals surface area (Å²) >= 11 is 0. The minimum atomic E-state index is -0.453. The molecule has 0 aliphatic heterocycles. The molecule has 0 saturated heterocycles. The van der Waals surface area contributed by atoms with E-state index in [9.17, 15) is 4.39 Å². The molecule has 0 fully saturated rings. The molecule has 0 radical (unpaired) electrons. The third-order valence-electron chi connectivity index (χ3n) is 3.31. The van der Waals surface area contributed by atoms with Crippen molar-refractivity contribution in [2.45, 2.75) is 45.8 Å². The van der Waals surface area contributed by atoms with E-state index in [-0.39, 0.29) is 11.9 Å². The molecule has 1 rings (SSSR count). The number of hydrogen-bond acceptors (Lipinski definition) is 3. The molecular formula is C16H26FNO2. The van der Waals surface area contributed by atoms with Crippen molar-refractivity contribution in [3.63, 3.8) is 0 Å². The van der Waals surface area contributed by atoms with Gasteiger partial charge in [0.15, 0.2) is 0 Å². The normalized spacial score (nSPS) is 13.3. The van der Waals surface area contributed by atoms with Gasteiger partial charge in [0.25, 0.3) is 0 Å². The molecule has 4 heteroatoms. The average molecular weight is 283 g/mol. The SMILES string of the molecule is CCCNC(c1cc(F)ccc1OC)C(C)(C)OCC. The number of benzene rings is 1. The summed E-state index contributed by atoms with van der Waals surface area (Å²) in [7, 11) is 1.60. The average Bonchev–Trinajstić information content (AvgIpc) is 2.39. The smallest absolute Gasteiger partial charge is 0.123 e. The lowest BCUT2D eigenvalue weighted by Crippen LogP contribution is -2.42. The molecular weight excluding hydrogens is 257 g/mol. The van der Waals surface area contributed by atoms with Gasteiger partial charge in [-0.1, -0.05) is 6.92 Å². The predicted molar refractivity (Wildman–Crippen MR) is 79.7 cm³/mol. The lowest BCUT2D eigenvalue weighted by Gasteiger charge is -2.36. The first kappa shape index (κ1) is 16.9. The summed E-state index contributed by atoms with van der Waals surface area (Å²) in [5.74, 6) is 0.407. The van der Waals surface area contributed by atoms with Crippen LogP contribution < -0.4 is 10.1 Å². The summed E-state index contributed by atoms with van der Waals surface area (Å²) < 4.78 is 24.8. The van der Waals surface area contributed by atoms with Crippen LogP contribution in [0.3, 0.4) is 0 Å². The summed E-state index contributed by atoms with van der Waals surface area (Å²) in [6.07, 6.45) is 0.996. The first-order chi connectivity index (χ1) is 9.46. The Morgan fingerprint density at radius 2 is 2.00 bits per heavy atom. The molecule has 3 nitrogen and oxygen atoms in total. The van der Waals surface area contributed by atoms with Gasteiger partial charge in [-0.2, -0.15) is 0 Å². The maximum Gasteiger partial charge on any atom is 0.123 e. The van der Waals surface area contributed by atoms with E-state index in [1.165, 1.54) is 12.1 Å². The Labute approximate surface area is 121 Å². The quantitative estimate of drug-likeness (QED) is 0.789. The molecule has 0 aliphatic rings. The summed E-state index contributed by atoms with van der Waals surface area (Å²) in [5, 5.41) is 3.44. The van der Waals surface area contributed by atoms with Crippen molar-refractivity contribution in [1.29, 1.82) is 0 Å². The molecule has 1 atom stereocenters. The van der Waals surface area contributed by atoms with Crippen LogP contribution in [0.4, 0.5) is 4.39 Å². The Bertz CT molecular complexity index is 421. The number of nitrogens with one attached hydrogen (secondary N) is 1. The Hall–Kier alpha value is -1.13. The standard InChI is InChI=1S/C16H26FNO2/c1-6-10-18-15(16(3,4)20-7-2)13-11-12(17)8-9-14(13)19-5/h8-9,11,15,18H,6-7,10H2,1-5H3. The third-order valence-corrected chi connectivity index (χ3v) is 3.31. The number of ether oxygens (including phenoxy) is 2. The lowest BCUT2D eigenvalue weighted by molar-refractivity contribution is -0.0396. The molecule has 1 aromatic carbocycles. The van der Waals surface area contributed by atoms with Crippen molar-refractivity contribution in [3.05, 3.63) is 29.6 Å². The zero-order chi connectivity index (χ0) is 15.2. The van der Waals surface area contributed by atoms with Crippen molar-refractivity contribution < 1.29 is 13.9 Å². The van der Waals surface area contributed by atoms with E-state index in [1.54, 1.807) is 13.2 Å². The van der Waals surface area contributed by atoms with Gasteiger partial charge in [-0.15, -0.1) is 0 Å². The van der Waals surface area contributed by atoms with Crippen molar-refractivity contribution in [2.24, 2.45) is 0 Å². The fourth-order valence-electron chi connectivity index (χ4n) is 2.41. The first-order valence-corrected chi connectivity index (χ1v) is 7.17. The Kier molecular flexibility index (Phi) is 6.43. The molecule has 0 bridgehead atoms. The second-order valence-electron chi connectivity index (χ2n) is 5.31. The highest BCUT2D eigenvalue weighted by Gasteiger charge is 2.33. The molecule has 20 heavy (non-hydrogen) atoms. The molecule has 0 amide bonds. The van der Waals surface area contributed by atoms with Crippen LogP contribution in [0.15, 0.2) is 18.2 Å². The van der Waals surface area contributed by atoms with Gasteiger partial charge in [-0.25, -0.2) is 4.39 Å². The van der Waals surface area contributed by atoms with Gasteiger partial charge in [0.1, 0.15) is 11.6 Å². The van der Waals surface area contributed by atoms with E-state index >= 15 is 0 Å². The molecule has 0 aromatic heterocycles. The van der Waals surface area contributed by atoms with Crippen LogP contribution in [0.2, 0.25) is 0 Å². The van der Waals surface area contributed by atoms with Crippen LogP contribution in [0.5, 0.6) is 5.75 Å². The predicted octanol–water partition coefficient (Wildman–Crippen LogP) is 3.69. The zero-order valence-electron chi connectivity index (χ0n) is 13.1. The number of rotatable bonds is 8. The monoisotopic (exact) mass is 283 g/mol. The summed E-state index contributed by atoms with van der Waals surface area (Å²) in [5.41, 5.74) is 0.338. The van der Waals surface area contributed by atoms with Crippen LogP contribution in [0.25, 0.3) is 0 Å². The topological polar surface area (TPSA) is 30.5 Å². The van der Waals surface area contributed by atoms with Crippen LogP contribution in [-0.4, -0.2) is 25.9 Å². The largest absolute Gasteiger partial charge is 0.496 e. The molecule has 1 N–H and O–H groups in total. The van der Waals surface area contributed by atoms with Gasteiger partial charge in [0.05, 0.1) is 18.8 Å². The van der Waals surface area contributed by atoms with E-state index < -0.39 is 5.60 Å². The van der Waals surface area contributed by atoms with Crippen LogP contribution >= 0.6 is 0 Å². The molecule has 0 spiro atoms. The third kappa shape index (κ3) is 4.18. The summed E-state index contributed by atoms with van der Waals surface area (Å²) in [4.78, 5) is 0. The van der Waals surface area contributed by atoms with Crippen LogP contribution in [0, 0.1) is 5.82 Å². The number of hydrogen-bond donors (Lipinski definition) is 1. The van der Waals surface area contributed by atoms with Gasteiger partial charge in [-0.3, -0.25) is 0 Å². The maximum atomic E-state index is 13.6. The minimum Gasteiger partial charge on any atom is -0.496 e. The van der Waals surface area contributed by atoms with Crippen molar-refractivity contribution >= 4 is 0 Å². The number of halogens is 1. The second kappa shape index (κ2) is 7.60. The molecule has 1 aromatic rings. The van der Waals surface area contributed by atoms with Gasteiger partial charge >= 0.3 is 0 Å². The van der Waals surface area contributed by atoms with E-state index in [0.29, 0.717) is 12.4 Å². The fourth-order valence-corrected chi connectivity index (χ4v) is 2.41. The molecule has 114 valence electrons. The van der Waals surface area contributed by atoms with Crippen LogP contribution in [0.1, 0.15) is 45.7 Å². The van der Waals surface area contributed by atoms with Crippen molar-refractivity contribution in [3.8, 4) is 5.75 Å². The minimum absolute atomic E-state index is 0.131. The molecule has 0 heterocycles. The van der Waals surface area contributed by atoms with E-state index in [1.807, 2.05) is 20.8 Å². The van der Waals surface area contributed by atoms with E-state index in [4.69, 9.17) is 9.47 Å². The Morgan fingerprint density at radius 3 is 2.55 bits per heavy atom. The lowest BCUT2D eigenvalue weighted by atomic mass is 9.90.